The number of rotatable bonds is 9. The van der Waals surface area contributed by atoms with Gasteiger partial charge in [0.2, 0.25) is 5.91 Å². The summed E-state index contributed by atoms with van der Waals surface area (Å²) in [6.07, 6.45) is 0.186. The Labute approximate surface area is 139 Å². The fourth-order valence-corrected chi connectivity index (χ4v) is 5.09. The van der Waals surface area contributed by atoms with Crippen molar-refractivity contribution >= 4 is 40.5 Å². The Morgan fingerprint density at radius 1 is 1.41 bits per heavy atom. The molecule has 0 aliphatic heterocycles. The molecular weight excluding hydrogens is 341 g/mol. The van der Waals surface area contributed by atoms with E-state index in [1.54, 1.807) is 18.8 Å². The van der Waals surface area contributed by atoms with Crippen LogP contribution in [0, 0.1) is 0 Å². The molecule has 0 aliphatic carbocycles. The third kappa shape index (κ3) is 7.40. The SMILES string of the molecule is CCO[P@@](C)(=S)SCC(=O)N[C@H](Cc1ccccc1)C(=O)[O-]. The largest absolute Gasteiger partial charge is 0.548 e. The fraction of sp³-hybridized carbons (Fsp3) is 0.429. The van der Waals surface area contributed by atoms with Gasteiger partial charge in [0.05, 0.1) is 17.8 Å². The highest BCUT2D eigenvalue weighted by atomic mass is 32.9. The molecule has 22 heavy (non-hydrogen) atoms. The van der Waals surface area contributed by atoms with Crippen LogP contribution in [0.3, 0.4) is 0 Å². The molecule has 0 unspecified atom stereocenters. The summed E-state index contributed by atoms with van der Waals surface area (Å²) in [6.45, 7) is 4.14. The Morgan fingerprint density at radius 2 is 2.05 bits per heavy atom. The molecule has 0 saturated carbocycles. The van der Waals surface area contributed by atoms with E-state index in [2.05, 4.69) is 5.32 Å². The number of amides is 1. The minimum Gasteiger partial charge on any atom is -0.548 e. The van der Waals surface area contributed by atoms with Crippen molar-refractivity contribution in [2.24, 2.45) is 0 Å². The molecular formula is C14H19NO4PS2-. The van der Waals surface area contributed by atoms with Crippen LogP contribution in [0.25, 0.3) is 0 Å². The lowest BCUT2D eigenvalue weighted by molar-refractivity contribution is -0.308. The molecule has 0 bridgehead atoms. The maximum atomic E-state index is 11.9. The number of carbonyl (C=O) groups is 2. The second-order valence-corrected chi connectivity index (χ2v) is 12.6. The summed E-state index contributed by atoms with van der Waals surface area (Å²) < 4.78 is 5.41. The second-order valence-electron chi connectivity index (χ2n) is 4.59. The first-order valence-electron chi connectivity index (χ1n) is 6.75. The van der Waals surface area contributed by atoms with Gasteiger partial charge in [0.25, 0.3) is 0 Å². The highest BCUT2D eigenvalue weighted by molar-refractivity contribution is 8.69. The monoisotopic (exact) mass is 360 g/mol. The van der Waals surface area contributed by atoms with Crippen molar-refractivity contribution in [3.05, 3.63) is 35.9 Å². The van der Waals surface area contributed by atoms with Crippen molar-refractivity contribution in [3.8, 4) is 0 Å². The molecule has 0 radical (unpaired) electrons. The second kappa shape index (κ2) is 9.30. The first-order chi connectivity index (χ1) is 10.3. The van der Waals surface area contributed by atoms with Gasteiger partial charge < -0.3 is 19.7 Å². The predicted octanol–water partition coefficient (Wildman–Crippen LogP) is 1.17. The zero-order chi connectivity index (χ0) is 16.6. The fourth-order valence-electron chi connectivity index (χ4n) is 1.73. The van der Waals surface area contributed by atoms with Gasteiger partial charge in [-0.3, -0.25) is 4.79 Å². The molecule has 0 aromatic heterocycles. The normalized spacial score (nSPS) is 14.8. The van der Waals surface area contributed by atoms with E-state index in [1.807, 2.05) is 25.1 Å². The quantitative estimate of drug-likeness (QED) is 0.666. The molecule has 0 aliphatic rings. The molecule has 5 nitrogen and oxygen atoms in total. The number of hydrogen-bond donors (Lipinski definition) is 1. The zero-order valence-corrected chi connectivity index (χ0v) is 15.0. The van der Waals surface area contributed by atoms with E-state index in [-0.39, 0.29) is 18.1 Å². The van der Waals surface area contributed by atoms with Crippen LogP contribution < -0.4 is 10.4 Å². The number of carbonyl (C=O) groups excluding carboxylic acids is 2. The maximum Gasteiger partial charge on any atom is 0.230 e. The molecule has 1 aromatic carbocycles. The number of benzene rings is 1. The lowest BCUT2D eigenvalue weighted by atomic mass is 10.1. The van der Waals surface area contributed by atoms with Crippen molar-refractivity contribution in [1.29, 1.82) is 0 Å². The number of nitrogens with one attached hydrogen (secondary N) is 1. The maximum absolute atomic E-state index is 11.9. The van der Waals surface area contributed by atoms with Crippen LogP contribution >= 0.6 is 16.8 Å². The van der Waals surface area contributed by atoms with Crippen LogP contribution in [0.4, 0.5) is 0 Å². The van der Waals surface area contributed by atoms with Crippen LogP contribution in [0.5, 0.6) is 0 Å². The van der Waals surface area contributed by atoms with Crippen molar-refractivity contribution in [2.75, 3.05) is 19.0 Å². The first-order valence-corrected chi connectivity index (χ1v) is 11.5. The zero-order valence-electron chi connectivity index (χ0n) is 12.5. The molecule has 122 valence electrons. The molecule has 1 aromatic rings. The van der Waals surface area contributed by atoms with Gasteiger partial charge in [-0.1, -0.05) is 53.5 Å². The van der Waals surface area contributed by atoms with E-state index in [1.165, 1.54) is 11.4 Å². The van der Waals surface area contributed by atoms with Gasteiger partial charge in [0.15, 0.2) is 0 Å². The van der Waals surface area contributed by atoms with Gasteiger partial charge in [-0.15, -0.1) is 0 Å². The minimum absolute atomic E-state index is 0.0757. The molecule has 1 rings (SSSR count). The van der Waals surface area contributed by atoms with Crippen molar-refractivity contribution in [3.63, 3.8) is 0 Å². The number of carboxylic acids is 1. The molecule has 1 N–H and O–H groups in total. The molecule has 2 atom stereocenters. The van der Waals surface area contributed by atoms with Crippen LogP contribution in [0.1, 0.15) is 12.5 Å². The Balaban J connectivity index is 2.55. The Bertz CT molecular complexity index is 553. The topological polar surface area (TPSA) is 78.5 Å². The summed E-state index contributed by atoms with van der Waals surface area (Å²) in [5.41, 5.74) is -1.23. The summed E-state index contributed by atoms with van der Waals surface area (Å²) in [4.78, 5) is 23.1. The van der Waals surface area contributed by atoms with Gasteiger partial charge >= 0.3 is 0 Å². The van der Waals surface area contributed by atoms with Crippen molar-refractivity contribution in [2.45, 2.75) is 19.4 Å². The average Bonchev–Trinajstić information content (AvgIpc) is 2.45. The minimum atomic E-state index is -2.05. The standard InChI is InChI=1S/C14H20NO4PS2/c1-3-19-20(2,21)22-10-13(16)15-12(14(17)18)9-11-7-5-4-6-8-11/h4-8,12H,3,9-10H2,1-2H3,(H,15,16)(H,17,18)/p-1/t12-,20+/m1/s1. The lowest BCUT2D eigenvalue weighted by Crippen LogP contribution is -2.49. The number of carboxylic acid groups (broad SMARTS) is 1. The summed E-state index contributed by atoms with van der Waals surface area (Å²) >= 11 is 6.52. The molecule has 1 amide bonds. The van der Waals surface area contributed by atoms with Crippen molar-refractivity contribution < 1.29 is 19.2 Å². The van der Waals surface area contributed by atoms with Gasteiger partial charge in [0, 0.05) is 6.61 Å². The van der Waals surface area contributed by atoms with E-state index in [0.717, 1.165) is 5.56 Å². The highest BCUT2D eigenvalue weighted by Crippen LogP contribution is 2.56. The van der Waals surface area contributed by atoms with E-state index < -0.39 is 17.5 Å². The van der Waals surface area contributed by atoms with Gasteiger partial charge in [-0.25, -0.2) is 0 Å². The van der Waals surface area contributed by atoms with Gasteiger partial charge in [-0.05, 0) is 25.6 Å². The van der Waals surface area contributed by atoms with Crippen LogP contribution in [-0.4, -0.2) is 36.9 Å². The summed E-state index contributed by atoms with van der Waals surface area (Å²) in [5, 5.41) is 13.6. The molecule has 0 saturated heterocycles. The van der Waals surface area contributed by atoms with E-state index in [9.17, 15) is 14.7 Å². The van der Waals surface area contributed by atoms with Gasteiger partial charge in [0.1, 0.15) is 5.47 Å². The van der Waals surface area contributed by atoms with E-state index in [0.29, 0.717) is 6.61 Å². The average molecular weight is 360 g/mol. The van der Waals surface area contributed by atoms with Crippen LogP contribution in [-0.2, 0) is 32.3 Å². The Hall–Kier alpha value is -0.880. The Morgan fingerprint density at radius 3 is 2.59 bits per heavy atom. The molecule has 0 fully saturated rings. The summed E-state index contributed by atoms with van der Waals surface area (Å²) in [7, 11) is 0. The van der Waals surface area contributed by atoms with E-state index >= 15 is 0 Å². The smallest absolute Gasteiger partial charge is 0.230 e. The highest BCUT2D eigenvalue weighted by Gasteiger charge is 2.17. The lowest BCUT2D eigenvalue weighted by Gasteiger charge is -2.21. The summed E-state index contributed by atoms with van der Waals surface area (Å²) in [6, 6.07) is 8.02. The third-order valence-corrected chi connectivity index (χ3v) is 7.66. The molecule has 8 heteroatoms. The third-order valence-electron chi connectivity index (χ3n) is 2.70. The number of hydrogen-bond acceptors (Lipinski definition) is 6. The number of aliphatic carboxylic acids is 1. The van der Waals surface area contributed by atoms with E-state index in [4.69, 9.17) is 16.3 Å². The predicted molar refractivity (Wildman–Crippen MR) is 91.4 cm³/mol. The van der Waals surface area contributed by atoms with Crippen LogP contribution in [0.15, 0.2) is 30.3 Å². The first kappa shape index (κ1) is 19.2. The Kier molecular flexibility index (Phi) is 8.10. The van der Waals surface area contributed by atoms with Crippen LogP contribution in [0.2, 0.25) is 0 Å². The molecule has 0 heterocycles. The van der Waals surface area contributed by atoms with Crippen molar-refractivity contribution in [1.82, 2.24) is 5.32 Å². The molecule has 0 spiro atoms. The van der Waals surface area contributed by atoms with Gasteiger partial charge in [-0.2, -0.15) is 0 Å². The summed E-state index contributed by atoms with van der Waals surface area (Å²) in [5.74, 6) is -1.61.